The highest BCUT2D eigenvalue weighted by Crippen LogP contribution is 2.25. The standard InChI is InChI=1S/C13H20BrNO3S/c1-9(2)4-5-15-19(17,18)13-7-11(8-16)6-12(14)10(13)3/h6-7,9,15-16H,4-5,8H2,1-3H3. The number of benzene rings is 1. The van der Waals surface area contributed by atoms with Gasteiger partial charge in [-0.3, -0.25) is 0 Å². The third-order valence-electron chi connectivity index (χ3n) is 2.84. The largest absolute Gasteiger partial charge is 0.392 e. The molecular formula is C13H20BrNO3S. The van der Waals surface area contributed by atoms with Gasteiger partial charge >= 0.3 is 0 Å². The first-order chi connectivity index (χ1) is 8.77. The van der Waals surface area contributed by atoms with Gasteiger partial charge in [-0.2, -0.15) is 0 Å². The van der Waals surface area contributed by atoms with Gasteiger partial charge in [-0.05, 0) is 42.5 Å². The van der Waals surface area contributed by atoms with Crippen molar-refractivity contribution in [1.82, 2.24) is 4.72 Å². The van der Waals surface area contributed by atoms with Crippen molar-refractivity contribution in [2.75, 3.05) is 6.54 Å². The number of nitrogens with one attached hydrogen (secondary N) is 1. The number of sulfonamides is 1. The van der Waals surface area contributed by atoms with Crippen LogP contribution in [0.3, 0.4) is 0 Å². The number of hydrogen-bond acceptors (Lipinski definition) is 3. The molecule has 0 fully saturated rings. The molecule has 0 heterocycles. The van der Waals surface area contributed by atoms with Crippen molar-refractivity contribution in [2.45, 2.75) is 38.7 Å². The molecule has 6 heteroatoms. The average molecular weight is 350 g/mol. The van der Waals surface area contributed by atoms with Crippen LogP contribution in [0.5, 0.6) is 0 Å². The molecule has 2 N–H and O–H groups in total. The quantitative estimate of drug-likeness (QED) is 0.829. The summed E-state index contributed by atoms with van der Waals surface area (Å²) in [7, 11) is -3.53. The Morgan fingerprint density at radius 2 is 2.00 bits per heavy atom. The molecule has 1 rings (SSSR count). The van der Waals surface area contributed by atoms with E-state index in [1.54, 1.807) is 13.0 Å². The molecule has 108 valence electrons. The molecule has 19 heavy (non-hydrogen) atoms. The van der Waals surface area contributed by atoms with Gasteiger partial charge in [0.25, 0.3) is 0 Å². The molecule has 0 saturated heterocycles. The lowest BCUT2D eigenvalue weighted by Crippen LogP contribution is -2.26. The van der Waals surface area contributed by atoms with Gasteiger partial charge in [0.1, 0.15) is 0 Å². The van der Waals surface area contributed by atoms with Crippen LogP contribution in [0.25, 0.3) is 0 Å². The highest BCUT2D eigenvalue weighted by atomic mass is 79.9. The van der Waals surface area contributed by atoms with Crippen molar-refractivity contribution in [3.05, 3.63) is 27.7 Å². The Morgan fingerprint density at radius 3 is 2.53 bits per heavy atom. The lowest BCUT2D eigenvalue weighted by molar-refractivity contribution is 0.281. The van der Waals surface area contributed by atoms with Crippen molar-refractivity contribution < 1.29 is 13.5 Å². The van der Waals surface area contributed by atoms with E-state index in [2.05, 4.69) is 20.7 Å². The Labute approximate surface area is 123 Å². The van der Waals surface area contributed by atoms with E-state index in [4.69, 9.17) is 5.11 Å². The second kappa shape index (κ2) is 6.83. The summed E-state index contributed by atoms with van der Waals surface area (Å²) < 4.78 is 27.8. The van der Waals surface area contributed by atoms with E-state index in [0.29, 0.717) is 28.1 Å². The van der Waals surface area contributed by atoms with Crippen LogP contribution in [0.4, 0.5) is 0 Å². The number of aliphatic hydroxyl groups is 1. The van der Waals surface area contributed by atoms with Gasteiger partial charge in [-0.15, -0.1) is 0 Å². The van der Waals surface area contributed by atoms with E-state index in [9.17, 15) is 8.42 Å². The third kappa shape index (κ3) is 4.56. The molecular weight excluding hydrogens is 330 g/mol. The maximum atomic E-state index is 12.2. The molecule has 0 unspecified atom stereocenters. The van der Waals surface area contributed by atoms with Crippen LogP contribution in [0, 0.1) is 12.8 Å². The molecule has 0 radical (unpaired) electrons. The normalized spacial score (nSPS) is 12.1. The molecule has 1 aromatic carbocycles. The second-order valence-electron chi connectivity index (χ2n) is 4.94. The predicted molar refractivity (Wildman–Crippen MR) is 79.4 cm³/mol. The molecule has 0 aromatic heterocycles. The molecule has 1 aromatic rings. The fourth-order valence-electron chi connectivity index (χ4n) is 1.64. The first-order valence-electron chi connectivity index (χ1n) is 6.17. The Balaban J connectivity index is 3.03. The van der Waals surface area contributed by atoms with Gasteiger partial charge in [0.05, 0.1) is 11.5 Å². The summed E-state index contributed by atoms with van der Waals surface area (Å²) in [5.41, 5.74) is 1.22. The first kappa shape index (κ1) is 16.6. The van der Waals surface area contributed by atoms with Crippen LogP contribution >= 0.6 is 15.9 Å². The topological polar surface area (TPSA) is 66.4 Å². The minimum atomic E-state index is -3.53. The Hall–Kier alpha value is -0.430. The Morgan fingerprint density at radius 1 is 1.37 bits per heavy atom. The number of rotatable bonds is 6. The summed E-state index contributed by atoms with van der Waals surface area (Å²) in [5.74, 6) is 0.444. The van der Waals surface area contributed by atoms with Gasteiger partial charge in [-0.25, -0.2) is 13.1 Å². The zero-order valence-electron chi connectivity index (χ0n) is 11.4. The summed E-state index contributed by atoms with van der Waals surface area (Å²) in [6, 6.07) is 3.24. The van der Waals surface area contributed by atoms with Crippen molar-refractivity contribution in [2.24, 2.45) is 5.92 Å². The smallest absolute Gasteiger partial charge is 0.240 e. The highest BCUT2D eigenvalue weighted by Gasteiger charge is 2.19. The van der Waals surface area contributed by atoms with Gasteiger partial charge in [0.2, 0.25) is 10.0 Å². The Kier molecular flexibility index (Phi) is 5.98. The minimum absolute atomic E-state index is 0.187. The first-order valence-corrected chi connectivity index (χ1v) is 8.45. The SMILES string of the molecule is Cc1c(Br)cc(CO)cc1S(=O)(=O)NCCC(C)C. The van der Waals surface area contributed by atoms with Gasteiger partial charge in [-0.1, -0.05) is 29.8 Å². The fraction of sp³-hybridized carbons (Fsp3) is 0.538. The van der Waals surface area contributed by atoms with E-state index in [-0.39, 0.29) is 11.5 Å². The molecule has 0 spiro atoms. The van der Waals surface area contributed by atoms with Crippen LogP contribution < -0.4 is 4.72 Å². The Bertz CT molecular complexity index is 541. The number of halogens is 1. The van der Waals surface area contributed by atoms with E-state index in [1.165, 1.54) is 6.07 Å². The number of hydrogen-bond donors (Lipinski definition) is 2. The lowest BCUT2D eigenvalue weighted by atomic mass is 10.1. The molecule has 0 amide bonds. The van der Waals surface area contributed by atoms with E-state index in [1.807, 2.05) is 13.8 Å². The second-order valence-corrected chi connectivity index (χ2v) is 7.53. The van der Waals surface area contributed by atoms with E-state index >= 15 is 0 Å². The zero-order chi connectivity index (χ0) is 14.6. The lowest BCUT2D eigenvalue weighted by Gasteiger charge is -2.13. The maximum Gasteiger partial charge on any atom is 0.240 e. The van der Waals surface area contributed by atoms with Gasteiger partial charge in [0.15, 0.2) is 0 Å². The average Bonchev–Trinajstić information content (AvgIpc) is 2.31. The van der Waals surface area contributed by atoms with Gasteiger partial charge in [0, 0.05) is 11.0 Å². The van der Waals surface area contributed by atoms with Crippen LogP contribution in [-0.2, 0) is 16.6 Å². The van der Waals surface area contributed by atoms with Crippen LogP contribution in [-0.4, -0.2) is 20.1 Å². The summed E-state index contributed by atoms with van der Waals surface area (Å²) in [4.78, 5) is 0.217. The molecule has 0 bridgehead atoms. The zero-order valence-corrected chi connectivity index (χ0v) is 13.8. The van der Waals surface area contributed by atoms with Crippen LogP contribution in [0.2, 0.25) is 0 Å². The van der Waals surface area contributed by atoms with E-state index in [0.717, 1.165) is 6.42 Å². The van der Waals surface area contributed by atoms with Crippen molar-refractivity contribution >= 4 is 26.0 Å². The predicted octanol–water partition coefficient (Wildman–Crippen LogP) is 2.57. The maximum absolute atomic E-state index is 12.2. The molecule has 0 saturated carbocycles. The molecule has 4 nitrogen and oxygen atoms in total. The van der Waals surface area contributed by atoms with Gasteiger partial charge < -0.3 is 5.11 Å². The van der Waals surface area contributed by atoms with Crippen LogP contribution in [0.1, 0.15) is 31.4 Å². The number of aliphatic hydroxyl groups excluding tert-OH is 1. The van der Waals surface area contributed by atoms with E-state index < -0.39 is 10.0 Å². The fourth-order valence-corrected chi connectivity index (χ4v) is 3.64. The molecule has 0 atom stereocenters. The highest BCUT2D eigenvalue weighted by molar-refractivity contribution is 9.10. The van der Waals surface area contributed by atoms with Crippen molar-refractivity contribution in [1.29, 1.82) is 0 Å². The molecule has 0 aliphatic carbocycles. The molecule has 0 aliphatic rings. The van der Waals surface area contributed by atoms with Crippen LogP contribution in [0.15, 0.2) is 21.5 Å². The van der Waals surface area contributed by atoms with Crippen molar-refractivity contribution in [3.63, 3.8) is 0 Å². The summed E-state index contributed by atoms with van der Waals surface area (Å²) in [5, 5.41) is 9.16. The van der Waals surface area contributed by atoms with Crippen molar-refractivity contribution in [3.8, 4) is 0 Å². The summed E-state index contributed by atoms with van der Waals surface area (Å²) in [6.07, 6.45) is 0.791. The summed E-state index contributed by atoms with van der Waals surface area (Å²) in [6.45, 7) is 6.06. The minimum Gasteiger partial charge on any atom is -0.392 e. The summed E-state index contributed by atoms with van der Waals surface area (Å²) >= 11 is 3.32. The third-order valence-corrected chi connectivity index (χ3v) is 5.25. The monoisotopic (exact) mass is 349 g/mol. The molecule has 0 aliphatic heterocycles.